The minimum absolute atomic E-state index is 0.00415. The summed E-state index contributed by atoms with van der Waals surface area (Å²) in [6, 6.07) is 9.31. The largest absolute Gasteiger partial charge is 0.493 e. The maximum atomic E-state index is 12.8. The predicted octanol–water partition coefficient (Wildman–Crippen LogP) is 5.08. The molecule has 0 atom stereocenters. The van der Waals surface area contributed by atoms with Crippen molar-refractivity contribution in [3.63, 3.8) is 0 Å². The third-order valence-electron chi connectivity index (χ3n) is 7.04. The molecule has 34 heavy (non-hydrogen) atoms. The second-order valence-electron chi connectivity index (χ2n) is 9.35. The molecule has 2 aromatic carbocycles. The molecule has 3 aliphatic rings. The average molecular weight is 467 g/mol. The highest BCUT2D eigenvalue weighted by molar-refractivity contribution is 5.94. The zero-order valence-corrected chi connectivity index (χ0v) is 19.7. The number of rotatable bonds is 8. The van der Waals surface area contributed by atoms with Gasteiger partial charge in [0.05, 0.1) is 25.7 Å². The van der Waals surface area contributed by atoms with Gasteiger partial charge in [0, 0.05) is 11.1 Å². The van der Waals surface area contributed by atoms with Crippen molar-refractivity contribution in [2.24, 2.45) is 5.92 Å². The van der Waals surface area contributed by atoms with Gasteiger partial charge in [-0.15, -0.1) is 0 Å². The van der Waals surface area contributed by atoms with E-state index >= 15 is 0 Å². The fourth-order valence-corrected chi connectivity index (χ4v) is 4.82. The van der Waals surface area contributed by atoms with Crippen LogP contribution < -0.4 is 14.2 Å². The molecule has 7 heteroatoms. The molecule has 1 heterocycles. The number of carbonyl (C=O) groups is 2. The summed E-state index contributed by atoms with van der Waals surface area (Å²) < 4.78 is 28.6. The van der Waals surface area contributed by atoms with Gasteiger partial charge in [-0.3, -0.25) is 4.79 Å². The molecular formula is C27H30O7. The van der Waals surface area contributed by atoms with Gasteiger partial charge in [0.1, 0.15) is 18.8 Å². The first-order chi connectivity index (χ1) is 16.5. The molecule has 0 unspecified atom stereocenters. The van der Waals surface area contributed by atoms with Gasteiger partial charge in [-0.1, -0.05) is 25.3 Å². The van der Waals surface area contributed by atoms with Crippen molar-refractivity contribution in [1.29, 1.82) is 0 Å². The Morgan fingerprint density at radius 1 is 1.00 bits per heavy atom. The number of benzene rings is 2. The first kappa shape index (κ1) is 22.6. The van der Waals surface area contributed by atoms with Gasteiger partial charge in [-0.2, -0.15) is 0 Å². The monoisotopic (exact) mass is 466 g/mol. The Hall–Kier alpha value is -3.22. The standard InChI is InChI=1S/C27H30O7/c1-30-22-11-10-20(18-8-9-21-19(14-18)15-32-26(21)29)23(24(22)31-2)33-16-27(12-13-27)34-25(28)17-6-4-3-5-7-17/h8-11,14,17H,3-7,12-13,15-16H2,1-2H3. The van der Waals surface area contributed by atoms with Crippen LogP contribution in [0.15, 0.2) is 30.3 Å². The Morgan fingerprint density at radius 3 is 2.47 bits per heavy atom. The molecule has 2 aliphatic carbocycles. The first-order valence-electron chi connectivity index (χ1n) is 11.9. The number of esters is 2. The fourth-order valence-electron chi connectivity index (χ4n) is 4.82. The molecule has 0 aromatic heterocycles. The minimum Gasteiger partial charge on any atom is -0.493 e. The molecular weight excluding hydrogens is 436 g/mol. The van der Waals surface area contributed by atoms with Crippen LogP contribution in [-0.4, -0.2) is 38.4 Å². The van der Waals surface area contributed by atoms with Crippen LogP contribution in [0.3, 0.4) is 0 Å². The number of hydrogen-bond donors (Lipinski definition) is 0. The molecule has 0 saturated heterocycles. The number of ether oxygens (including phenoxy) is 5. The number of carbonyl (C=O) groups excluding carboxylic acids is 2. The molecule has 2 fully saturated rings. The Morgan fingerprint density at radius 2 is 1.76 bits per heavy atom. The van der Waals surface area contributed by atoms with Crippen LogP contribution in [-0.2, 0) is 20.9 Å². The van der Waals surface area contributed by atoms with Crippen LogP contribution in [0.25, 0.3) is 11.1 Å². The molecule has 2 saturated carbocycles. The third-order valence-corrected chi connectivity index (χ3v) is 7.04. The van der Waals surface area contributed by atoms with Crippen LogP contribution in [0, 0.1) is 5.92 Å². The average Bonchev–Trinajstić information content (AvgIpc) is 3.54. The Bertz CT molecular complexity index is 1100. The normalized spacial score (nSPS) is 18.6. The van der Waals surface area contributed by atoms with Gasteiger partial charge in [0.15, 0.2) is 11.5 Å². The predicted molar refractivity (Wildman–Crippen MR) is 124 cm³/mol. The van der Waals surface area contributed by atoms with E-state index in [9.17, 15) is 9.59 Å². The number of fused-ring (bicyclic) bond motifs is 1. The Labute approximate surface area is 199 Å². The molecule has 7 nitrogen and oxygen atoms in total. The van der Waals surface area contributed by atoms with Crippen LogP contribution in [0.2, 0.25) is 0 Å². The summed E-state index contributed by atoms with van der Waals surface area (Å²) in [5.41, 5.74) is 2.51. The second kappa shape index (κ2) is 9.20. The lowest BCUT2D eigenvalue weighted by molar-refractivity contribution is -0.159. The fraction of sp³-hybridized carbons (Fsp3) is 0.481. The summed E-state index contributed by atoms with van der Waals surface area (Å²) in [6.45, 7) is 0.500. The molecule has 0 amide bonds. The highest BCUT2D eigenvalue weighted by Crippen LogP contribution is 2.48. The smallest absolute Gasteiger partial charge is 0.338 e. The van der Waals surface area contributed by atoms with Crippen molar-refractivity contribution in [2.45, 2.75) is 57.2 Å². The van der Waals surface area contributed by atoms with Crippen molar-refractivity contribution in [2.75, 3.05) is 20.8 Å². The molecule has 1 aliphatic heterocycles. The zero-order chi connectivity index (χ0) is 23.7. The molecule has 0 bridgehead atoms. The minimum atomic E-state index is -0.585. The lowest BCUT2D eigenvalue weighted by Gasteiger charge is -2.25. The van der Waals surface area contributed by atoms with E-state index in [1.807, 2.05) is 24.3 Å². The Kier molecular flexibility index (Phi) is 6.11. The van der Waals surface area contributed by atoms with Crippen molar-refractivity contribution in [1.82, 2.24) is 0 Å². The summed E-state index contributed by atoms with van der Waals surface area (Å²) >= 11 is 0. The summed E-state index contributed by atoms with van der Waals surface area (Å²) in [5, 5.41) is 0. The Balaban J connectivity index is 1.40. The highest BCUT2D eigenvalue weighted by Gasteiger charge is 2.49. The maximum absolute atomic E-state index is 12.8. The van der Waals surface area contributed by atoms with E-state index in [2.05, 4.69) is 0 Å². The van der Waals surface area contributed by atoms with Crippen molar-refractivity contribution in [3.05, 3.63) is 41.5 Å². The second-order valence-corrected chi connectivity index (χ2v) is 9.35. The van der Waals surface area contributed by atoms with Crippen LogP contribution in [0.4, 0.5) is 0 Å². The van der Waals surface area contributed by atoms with Crippen LogP contribution >= 0.6 is 0 Å². The van der Waals surface area contributed by atoms with Gasteiger partial charge in [0.25, 0.3) is 0 Å². The summed E-state index contributed by atoms with van der Waals surface area (Å²) in [6.07, 6.45) is 6.76. The molecule has 0 N–H and O–H groups in total. The van der Waals surface area contributed by atoms with Gasteiger partial charge >= 0.3 is 11.9 Å². The van der Waals surface area contributed by atoms with Crippen LogP contribution in [0.1, 0.15) is 60.9 Å². The van der Waals surface area contributed by atoms with E-state index in [0.717, 1.165) is 55.2 Å². The quantitative estimate of drug-likeness (QED) is 0.502. The topological polar surface area (TPSA) is 80.3 Å². The molecule has 5 rings (SSSR count). The number of methoxy groups -OCH3 is 2. The van der Waals surface area contributed by atoms with E-state index in [1.165, 1.54) is 6.42 Å². The summed E-state index contributed by atoms with van der Waals surface area (Å²) in [4.78, 5) is 24.6. The van der Waals surface area contributed by atoms with Gasteiger partial charge < -0.3 is 23.7 Å². The lowest BCUT2D eigenvalue weighted by atomic mass is 9.89. The van der Waals surface area contributed by atoms with E-state index in [0.29, 0.717) is 22.8 Å². The van der Waals surface area contributed by atoms with E-state index in [1.54, 1.807) is 20.3 Å². The van der Waals surface area contributed by atoms with Gasteiger partial charge in [-0.05, 0) is 55.5 Å². The molecule has 2 aromatic rings. The molecule has 0 spiro atoms. The maximum Gasteiger partial charge on any atom is 0.338 e. The first-order valence-corrected chi connectivity index (χ1v) is 11.9. The summed E-state index contributed by atoms with van der Waals surface area (Å²) in [7, 11) is 3.15. The molecule has 0 radical (unpaired) electrons. The number of hydrogen-bond acceptors (Lipinski definition) is 7. The zero-order valence-electron chi connectivity index (χ0n) is 19.7. The SMILES string of the molecule is COc1ccc(-c2ccc3c(c2)COC3=O)c(OCC2(OC(=O)C3CCCCC3)CC2)c1OC. The van der Waals surface area contributed by atoms with Crippen molar-refractivity contribution < 1.29 is 33.3 Å². The summed E-state index contributed by atoms with van der Waals surface area (Å²) in [5.74, 6) is 1.14. The van der Waals surface area contributed by atoms with Crippen LogP contribution in [0.5, 0.6) is 17.2 Å². The lowest BCUT2D eigenvalue weighted by Crippen LogP contribution is -2.31. The van der Waals surface area contributed by atoms with Crippen molar-refractivity contribution in [3.8, 4) is 28.4 Å². The molecule has 180 valence electrons. The van der Waals surface area contributed by atoms with E-state index in [-0.39, 0.29) is 31.1 Å². The van der Waals surface area contributed by atoms with Gasteiger partial charge in [0.2, 0.25) is 5.75 Å². The van der Waals surface area contributed by atoms with Gasteiger partial charge in [-0.25, -0.2) is 4.79 Å². The van der Waals surface area contributed by atoms with E-state index < -0.39 is 5.60 Å². The highest BCUT2D eigenvalue weighted by atomic mass is 16.6. The van der Waals surface area contributed by atoms with Crippen molar-refractivity contribution >= 4 is 11.9 Å². The third kappa shape index (κ3) is 4.31. The van der Waals surface area contributed by atoms with E-state index in [4.69, 9.17) is 23.7 Å². The number of cyclic esters (lactones) is 1.